The van der Waals surface area contributed by atoms with Crippen LogP contribution in [0.1, 0.15) is 26.4 Å². The molecule has 0 unspecified atom stereocenters. The van der Waals surface area contributed by atoms with Crippen molar-refractivity contribution in [1.82, 2.24) is 5.43 Å². The molecule has 0 fully saturated rings. The van der Waals surface area contributed by atoms with Crippen LogP contribution >= 0.6 is 11.3 Å². The summed E-state index contributed by atoms with van der Waals surface area (Å²) in [6, 6.07) is 14.0. The third-order valence-corrected chi connectivity index (χ3v) is 5.27. The monoisotopic (exact) mass is 366 g/mol. The lowest BCUT2D eigenvalue weighted by molar-refractivity contribution is 0.0959. The van der Waals surface area contributed by atoms with Gasteiger partial charge in [0.1, 0.15) is 18.2 Å². The van der Waals surface area contributed by atoms with Gasteiger partial charge < -0.3 is 4.74 Å². The van der Waals surface area contributed by atoms with E-state index in [4.69, 9.17) is 4.74 Å². The highest BCUT2D eigenvalue weighted by Crippen LogP contribution is 2.42. The second-order valence-electron chi connectivity index (χ2n) is 6.00. The van der Waals surface area contributed by atoms with Crippen molar-refractivity contribution in [2.45, 2.75) is 13.5 Å². The topological polar surface area (TPSA) is 50.7 Å². The highest BCUT2D eigenvalue weighted by atomic mass is 32.1. The van der Waals surface area contributed by atoms with Crippen LogP contribution in [0.15, 0.2) is 53.6 Å². The molecule has 1 aliphatic rings. The third-order valence-electron chi connectivity index (χ3n) is 4.06. The number of rotatable bonds is 3. The van der Waals surface area contributed by atoms with Crippen LogP contribution in [0.2, 0.25) is 0 Å². The number of carbonyl (C=O) groups is 1. The molecule has 130 valence electrons. The number of ether oxygens (including phenoxy) is 1. The SMILES string of the molecule is Cc1ccc(/C=N/NC(=O)c2cc3c(s2)-c2cc(F)ccc2OC3)cc1. The molecular weight excluding hydrogens is 351 g/mol. The van der Waals surface area contributed by atoms with Gasteiger partial charge in [-0.1, -0.05) is 29.8 Å². The normalized spacial score (nSPS) is 12.4. The Balaban J connectivity index is 1.52. The molecule has 0 radical (unpaired) electrons. The standard InChI is InChI=1S/C20H15FN2O2S/c1-12-2-4-13(5-3-12)10-22-23-20(24)18-8-14-11-25-17-7-6-15(21)9-16(17)19(14)26-18/h2-10H,11H2,1H3,(H,23,24)/b22-10+. The molecule has 0 atom stereocenters. The zero-order chi connectivity index (χ0) is 18.1. The fourth-order valence-electron chi connectivity index (χ4n) is 2.71. The van der Waals surface area contributed by atoms with E-state index in [2.05, 4.69) is 10.5 Å². The van der Waals surface area contributed by atoms with Crippen LogP contribution in [0.4, 0.5) is 4.39 Å². The highest BCUT2D eigenvalue weighted by molar-refractivity contribution is 7.17. The van der Waals surface area contributed by atoms with Gasteiger partial charge >= 0.3 is 0 Å². The minimum absolute atomic E-state index is 0.300. The number of benzene rings is 2. The van der Waals surface area contributed by atoms with Crippen molar-refractivity contribution in [1.29, 1.82) is 0 Å². The summed E-state index contributed by atoms with van der Waals surface area (Å²) >= 11 is 1.31. The van der Waals surface area contributed by atoms with Gasteiger partial charge in [0.2, 0.25) is 0 Å². The largest absolute Gasteiger partial charge is 0.488 e. The average Bonchev–Trinajstić information content (AvgIpc) is 3.08. The molecule has 6 heteroatoms. The number of hydrogen-bond acceptors (Lipinski definition) is 4. The van der Waals surface area contributed by atoms with Gasteiger partial charge in [-0.15, -0.1) is 11.3 Å². The van der Waals surface area contributed by atoms with E-state index in [0.29, 0.717) is 22.8 Å². The molecule has 0 saturated carbocycles. The zero-order valence-electron chi connectivity index (χ0n) is 14.0. The Morgan fingerprint density at radius 1 is 1.23 bits per heavy atom. The van der Waals surface area contributed by atoms with Crippen molar-refractivity contribution in [3.63, 3.8) is 0 Å². The van der Waals surface area contributed by atoms with E-state index in [9.17, 15) is 9.18 Å². The van der Waals surface area contributed by atoms with E-state index >= 15 is 0 Å². The quantitative estimate of drug-likeness (QED) is 0.547. The number of aryl methyl sites for hydroxylation is 1. The summed E-state index contributed by atoms with van der Waals surface area (Å²) in [6.07, 6.45) is 1.60. The fourth-order valence-corrected chi connectivity index (χ4v) is 3.79. The number of nitrogens with one attached hydrogen (secondary N) is 1. The van der Waals surface area contributed by atoms with Gasteiger partial charge in [0.15, 0.2) is 0 Å². The summed E-state index contributed by atoms with van der Waals surface area (Å²) in [4.78, 5) is 13.7. The lowest BCUT2D eigenvalue weighted by Crippen LogP contribution is -2.16. The second-order valence-corrected chi connectivity index (χ2v) is 7.06. The smallest absolute Gasteiger partial charge is 0.281 e. The van der Waals surface area contributed by atoms with Crippen molar-refractivity contribution in [3.05, 3.63) is 75.9 Å². The van der Waals surface area contributed by atoms with E-state index in [0.717, 1.165) is 21.6 Å². The predicted molar refractivity (Wildman–Crippen MR) is 100 cm³/mol. The zero-order valence-corrected chi connectivity index (χ0v) is 14.8. The molecule has 26 heavy (non-hydrogen) atoms. The van der Waals surface area contributed by atoms with Gasteiger partial charge in [0.25, 0.3) is 5.91 Å². The first-order valence-corrected chi connectivity index (χ1v) is 8.87. The Kier molecular flexibility index (Phi) is 4.26. The molecule has 1 aromatic heterocycles. The van der Waals surface area contributed by atoms with Gasteiger partial charge in [-0.25, -0.2) is 9.82 Å². The van der Waals surface area contributed by atoms with Crippen molar-refractivity contribution >= 4 is 23.5 Å². The van der Waals surface area contributed by atoms with Crippen LogP contribution < -0.4 is 10.2 Å². The van der Waals surface area contributed by atoms with Crippen molar-refractivity contribution < 1.29 is 13.9 Å². The molecule has 0 saturated heterocycles. The molecule has 2 aromatic carbocycles. The van der Waals surface area contributed by atoms with Crippen LogP contribution in [-0.2, 0) is 6.61 Å². The number of amides is 1. The molecule has 2 heterocycles. The molecule has 0 aliphatic carbocycles. The van der Waals surface area contributed by atoms with E-state index < -0.39 is 0 Å². The van der Waals surface area contributed by atoms with Crippen molar-refractivity contribution in [3.8, 4) is 16.2 Å². The maximum absolute atomic E-state index is 13.6. The van der Waals surface area contributed by atoms with Crippen LogP contribution in [0.25, 0.3) is 10.4 Å². The second kappa shape index (κ2) is 6.72. The highest BCUT2D eigenvalue weighted by Gasteiger charge is 2.23. The van der Waals surface area contributed by atoms with Gasteiger partial charge in [0, 0.05) is 16.0 Å². The lowest BCUT2D eigenvalue weighted by Gasteiger charge is -2.17. The number of carbonyl (C=O) groups excluding carboxylic acids is 1. The Hall–Kier alpha value is -2.99. The summed E-state index contributed by atoms with van der Waals surface area (Å²) < 4.78 is 19.2. The minimum Gasteiger partial charge on any atom is -0.488 e. The van der Waals surface area contributed by atoms with E-state index in [1.807, 2.05) is 31.2 Å². The Morgan fingerprint density at radius 2 is 2.04 bits per heavy atom. The van der Waals surface area contributed by atoms with E-state index in [-0.39, 0.29) is 11.7 Å². The number of nitrogens with zero attached hydrogens (tertiary/aromatic N) is 1. The fraction of sp³-hybridized carbons (Fsp3) is 0.100. The Labute approximate surface area is 153 Å². The number of halogens is 1. The number of thiophene rings is 1. The maximum Gasteiger partial charge on any atom is 0.281 e. The number of hydrazone groups is 1. The third kappa shape index (κ3) is 3.23. The first kappa shape index (κ1) is 16.5. The summed E-state index contributed by atoms with van der Waals surface area (Å²) in [5, 5.41) is 4.00. The summed E-state index contributed by atoms with van der Waals surface area (Å²) in [5.74, 6) is -0.00175. The number of hydrogen-bond donors (Lipinski definition) is 1. The van der Waals surface area contributed by atoms with Crippen LogP contribution in [0.5, 0.6) is 5.75 Å². The molecule has 0 spiro atoms. The van der Waals surface area contributed by atoms with E-state index in [1.54, 1.807) is 18.3 Å². The molecule has 4 rings (SSSR count). The van der Waals surface area contributed by atoms with Crippen molar-refractivity contribution in [2.75, 3.05) is 0 Å². The Bertz CT molecular complexity index is 1010. The predicted octanol–water partition coefficient (Wildman–Crippen LogP) is 4.52. The number of fused-ring (bicyclic) bond motifs is 3. The van der Waals surface area contributed by atoms with Gasteiger partial charge in [-0.05, 0) is 36.8 Å². The summed E-state index contributed by atoms with van der Waals surface area (Å²) in [5.41, 5.74) is 6.15. The first-order valence-electron chi connectivity index (χ1n) is 8.05. The lowest BCUT2D eigenvalue weighted by atomic mass is 10.1. The molecule has 3 aromatic rings. The average molecular weight is 366 g/mol. The Morgan fingerprint density at radius 3 is 2.85 bits per heavy atom. The summed E-state index contributed by atoms with van der Waals surface area (Å²) in [7, 11) is 0. The van der Waals surface area contributed by atoms with Gasteiger partial charge in [0.05, 0.1) is 11.1 Å². The minimum atomic E-state index is -0.331. The molecule has 1 N–H and O–H groups in total. The molecule has 0 bridgehead atoms. The molecular formula is C20H15FN2O2S. The molecule has 4 nitrogen and oxygen atoms in total. The van der Waals surface area contributed by atoms with Gasteiger partial charge in [-0.2, -0.15) is 5.10 Å². The van der Waals surface area contributed by atoms with Crippen LogP contribution in [0.3, 0.4) is 0 Å². The van der Waals surface area contributed by atoms with Crippen LogP contribution in [-0.4, -0.2) is 12.1 Å². The van der Waals surface area contributed by atoms with Crippen LogP contribution in [0, 0.1) is 12.7 Å². The van der Waals surface area contributed by atoms with Gasteiger partial charge in [-0.3, -0.25) is 4.79 Å². The maximum atomic E-state index is 13.6. The van der Waals surface area contributed by atoms with E-state index in [1.165, 1.54) is 23.5 Å². The summed E-state index contributed by atoms with van der Waals surface area (Å²) in [6.45, 7) is 2.37. The molecule has 1 amide bonds. The first-order chi connectivity index (χ1) is 12.6. The molecule has 1 aliphatic heterocycles. The van der Waals surface area contributed by atoms with Crippen molar-refractivity contribution in [2.24, 2.45) is 5.10 Å².